The number of hydrogen-bond acceptors (Lipinski definition) is 8. The molecule has 3 heterocycles. The first-order chi connectivity index (χ1) is 10.4. The van der Waals surface area contributed by atoms with Gasteiger partial charge < -0.3 is 19.5 Å². The molecule has 122 valence electrons. The van der Waals surface area contributed by atoms with Gasteiger partial charge >= 0.3 is 12.1 Å². The fraction of sp³-hybridized carbons (Fsp3) is 0.667. The predicted octanol–water partition coefficient (Wildman–Crippen LogP) is -0.921. The van der Waals surface area contributed by atoms with Gasteiger partial charge in [-0.25, -0.2) is 9.59 Å². The number of rotatable bonds is 5. The van der Waals surface area contributed by atoms with Gasteiger partial charge in [-0.3, -0.25) is 4.18 Å². The number of alkyl carbamates (subject to hydrolysis) is 1. The molecule has 10 heteroatoms. The zero-order valence-electron chi connectivity index (χ0n) is 11.5. The molecule has 5 atom stereocenters. The molecule has 1 amide bonds. The third-order valence-corrected chi connectivity index (χ3v) is 5.51. The van der Waals surface area contributed by atoms with Gasteiger partial charge in [0.25, 0.3) is 10.1 Å². The van der Waals surface area contributed by atoms with Crippen molar-refractivity contribution in [1.29, 1.82) is 0 Å². The van der Waals surface area contributed by atoms with Crippen molar-refractivity contribution in [2.24, 2.45) is 0 Å². The van der Waals surface area contributed by atoms with E-state index < -0.39 is 51.8 Å². The molecular formula is C12H15NO8S. The van der Waals surface area contributed by atoms with E-state index in [9.17, 15) is 18.0 Å². The van der Waals surface area contributed by atoms with Crippen molar-refractivity contribution < 1.29 is 36.4 Å². The van der Waals surface area contributed by atoms with Gasteiger partial charge in [-0.2, -0.15) is 8.42 Å². The van der Waals surface area contributed by atoms with Crippen molar-refractivity contribution in [3.8, 4) is 0 Å². The van der Waals surface area contributed by atoms with E-state index in [1.807, 2.05) is 0 Å². The van der Waals surface area contributed by atoms with Crippen LogP contribution in [0.25, 0.3) is 0 Å². The molecule has 0 aromatic carbocycles. The largest absolute Gasteiger partial charge is 0.461 e. The maximum absolute atomic E-state index is 11.7. The minimum absolute atomic E-state index is 0.0243. The second-order valence-corrected chi connectivity index (χ2v) is 6.92. The molecule has 3 saturated heterocycles. The summed E-state index contributed by atoms with van der Waals surface area (Å²) in [7, 11) is -3.64. The molecule has 9 nitrogen and oxygen atoms in total. The molecule has 0 aromatic heterocycles. The first kappa shape index (κ1) is 15.3. The average molecular weight is 333 g/mol. The highest BCUT2D eigenvalue weighted by Crippen LogP contribution is 2.47. The standard InChI is InChI=1S/C12H15NO8S/c1-2-8(14)18-4-3-13-12(15)20-9-6-5-7-10(19-6)11(9)21-22(7,16)17/h2,6-7,9-11H,1,3-5H2,(H,13,15). The maximum Gasteiger partial charge on any atom is 0.407 e. The van der Waals surface area contributed by atoms with E-state index in [0.29, 0.717) is 0 Å². The van der Waals surface area contributed by atoms with E-state index in [-0.39, 0.29) is 19.6 Å². The number of fused-ring (bicyclic) bond motifs is 1. The van der Waals surface area contributed by atoms with Crippen LogP contribution in [0.3, 0.4) is 0 Å². The monoisotopic (exact) mass is 333 g/mol. The molecule has 0 spiro atoms. The summed E-state index contributed by atoms with van der Waals surface area (Å²) < 4.78 is 43.7. The molecule has 0 aromatic rings. The number of amides is 1. The summed E-state index contributed by atoms with van der Waals surface area (Å²) in [6.07, 6.45) is -2.05. The Balaban J connectivity index is 1.47. The van der Waals surface area contributed by atoms with Crippen molar-refractivity contribution in [3.63, 3.8) is 0 Å². The van der Waals surface area contributed by atoms with Gasteiger partial charge in [0.1, 0.15) is 24.1 Å². The lowest BCUT2D eigenvalue weighted by atomic mass is 9.94. The summed E-state index contributed by atoms with van der Waals surface area (Å²) in [5.74, 6) is -0.590. The minimum atomic E-state index is -3.64. The van der Waals surface area contributed by atoms with Crippen molar-refractivity contribution in [2.75, 3.05) is 13.2 Å². The Morgan fingerprint density at radius 3 is 2.86 bits per heavy atom. The molecule has 2 bridgehead atoms. The highest BCUT2D eigenvalue weighted by Gasteiger charge is 2.67. The van der Waals surface area contributed by atoms with E-state index in [4.69, 9.17) is 13.7 Å². The molecule has 3 aliphatic heterocycles. The van der Waals surface area contributed by atoms with Crippen LogP contribution in [0.1, 0.15) is 6.42 Å². The van der Waals surface area contributed by atoms with Gasteiger partial charge in [0.05, 0.1) is 12.6 Å². The SMILES string of the molecule is C=CC(=O)OCCNC(=O)OC1C2CC3C(O2)C1OS3(=O)=O. The molecule has 0 aliphatic carbocycles. The van der Waals surface area contributed by atoms with Crippen LogP contribution >= 0.6 is 0 Å². The van der Waals surface area contributed by atoms with Crippen LogP contribution in [0.15, 0.2) is 12.7 Å². The number of ether oxygens (including phenoxy) is 3. The summed E-state index contributed by atoms with van der Waals surface area (Å²) in [5, 5.41) is 1.73. The van der Waals surface area contributed by atoms with Gasteiger partial charge in [0.2, 0.25) is 0 Å². The Hall–Kier alpha value is -1.65. The van der Waals surface area contributed by atoms with Gasteiger partial charge in [0.15, 0.2) is 6.10 Å². The Morgan fingerprint density at radius 1 is 1.36 bits per heavy atom. The topological polar surface area (TPSA) is 117 Å². The van der Waals surface area contributed by atoms with Crippen molar-refractivity contribution in [2.45, 2.75) is 36.1 Å². The van der Waals surface area contributed by atoms with Crippen LogP contribution in [-0.2, 0) is 33.3 Å². The molecule has 0 saturated carbocycles. The molecule has 1 N–H and O–H groups in total. The van der Waals surface area contributed by atoms with Crippen LogP contribution in [0.5, 0.6) is 0 Å². The lowest BCUT2D eigenvalue weighted by molar-refractivity contribution is -0.137. The third-order valence-electron chi connectivity index (χ3n) is 3.82. The molecular weight excluding hydrogens is 318 g/mol. The lowest BCUT2D eigenvalue weighted by Crippen LogP contribution is -2.43. The molecule has 3 aliphatic rings. The van der Waals surface area contributed by atoms with E-state index in [0.717, 1.165) is 6.08 Å². The molecule has 3 fully saturated rings. The zero-order valence-corrected chi connectivity index (χ0v) is 12.3. The van der Waals surface area contributed by atoms with E-state index in [2.05, 4.69) is 16.6 Å². The highest BCUT2D eigenvalue weighted by atomic mass is 32.2. The van der Waals surface area contributed by atoms with Crippen LogP contribution in [0.4, 0.5) is 4.79 Å². The highest BCUT2D eigenvalue weighted by molar-refractivity contribution is 7.87. The Labute approximate surface area is 126 Å². The second kappa shape index (κ2) is 5.52. The lowest BCUT2D eigenvalue weighted by Gasteiger charge is -2.21. The normalized spacial score (nSPS) is 36.8. The van der Waals surface area contributed by atoms with Gasteiger partial charge in [-0.15, -0.1) is 0 Å². The van der Waals surface area contributed by atoms with E-state index in [1.165, 1.54) is 0 Å². The Bertz CT molecular complexity index is 602. The smallest absolute Gasteiger partial charge is 0.407 e. The summed E-state index contributed by atoms with van der Waals surface area (Å²) in [5.41, 5.74) is 0. The van der Waals surface area contributed by atoms with Crippen LogP contribution in [0, 0.1) is 0 Å². The molecule has 22 heavy (non-hydrogen) atoms. The van der Waals surface area contributed by atoms with E-state index in [1.54, 1.807) is 0 Å². The van der Waals surface area contributed by atoms with Crippen LogP contribution in [-0.4, -0.2) is 63.3 Å². The van der Waals surface area contributed by atoms with Gasteiger partial charge in [-0.05, 0) is 6.42 Å². The first-order valence-electron chi connectivity index (χ1n) is 6.73. The first-order valence-corrected chi connectivity index (χ1v) is 8.21. The van der Waals surface area contributed by atoms with Gasteiger partial charge in [-0.1, -0.05) is 6.58 Å². The maximum atomic E-state index is 11.7. The summed E-state index contributed by atoms with van der Waals surface area (Å²) >= 11 is 0. The number of carbonyl (C=O) groups excluding carboxylic acids is 2. The third kappa shape index (κ3) is 2.57. The number of hydrogen-bond donors (Lipinski definition) is 1. The van der Waals surface area contributed by atoms with Crippen LogP contribution < -0.4 is 5.32 Å². The fourth-order valence-electron chi connectivity index (χ4n) is 2.90. The average Bonchev–Trinajstić information content (AvgIpc) is 3.07. The molecule has 0 radical (unpaired) electrons. The molecule has 5 unspecified atom stereocenters. The van der Waals surface area contributed by atoms with Gasteiger partial charge in [0, 0.05) is 6.08 Å². The summed E-state index contributed by atoms with van der Waals surface area (Å²) in [6, 6.07) is 0. The summed E-state index contributed by atoms with van der Waals surface area (Å²) in [6.45, 7) is 3.27. The number of carbonyl (C=O) groups is 2. The number of esters is 1. The van der Waals surface area contributed by atoms with Crippen molar-refractivity contribution in [1.82, 2.24) is 5.32 Å². The predicted molar refractivity (Wildman–Crippen MR) is 70.3 cm³/mol. The number of nitrogens with one attached hydrogen (secondary N) is 1. The minimum Gasteiger partial charge on any atom is -0.461 e. The van der Waals surface area contributed by atoms with Crippen molar-refractivity contribution in [3.05, 3.63) is 12.7 Å². The Kier molecular flexibility index (Phi) is 3.83. The molecule has 3 rings (SSSR count). The second-order valence-electron chi connectivity index (χ2n) is 5.14. The summed E-state index contributed by atoms with van der Waals surface area (Å²) in [4.78, 5) is 22.5. The fourth-order valence-corrected chi connectivity index (χ4v) is 4.54. The van der Waals surface area contributed by atoms with Crippen molar-refractivity contribution >= 4 is 22.2 Å². The van der Waals surface area contributed by atoms with Crippen LogP contribution in [0.2, 0.25) is 0 Å². The Morgan fingerprint density at radius 2 is 2.14 bits per heavy atom. The van der Waals surface area contributed by atoms with E-state index >= 15 is 0 Å². The zero-order chi connectivity index (χ0) is 15.9. The quantitative estimate of drug-likeness (QED) is 0.297.